The summed E-state index contributed by atoms with van der Waals surface area (Å²) in [6, 6.07) is 17.6. The summed E-state index contributed by atoms with van der Waals surface area (Å²) in [7, 11) is 0. The van der Waals surface area contributed by atoms with Crippen LogP contribution in [-0.4, -0.2) is 40.2 Å². The Bertz CT molecular complexity index is 683. The summed E-state index contributed by atoms with van der Waals surface area (Å²) < 4.78 is 5.74. The number of rotatable bonds is 4. The molecule has 0 saturated carbocycles. The van der Waals surface area contributed by atoms with Gasteiger partial charge in [0.1, 0.15) is 12.2 Å². The molecule has 0 aromatic heterocycles. The Labute approximate surface area is 141 Å². The average molecular weight is 326 g/mol. The van der Waals surface area contributed by atoms with Crippen molar-refractivity contribution in [3.63, 3.8) is 0 Å². The lowest BCUT2D eigenvalue weighted by atomic mass is 9.92. The van der Waals surface area contributed by atoms with Crippen LogP contribution in [0.2, 0.25) is 0 Å². The van der Waals surface area contributed by atoms with Crippen molar-refractivity contribution in [2.45, 2.75) is 30.8 Å². The van der Waals surface area contributed by atoms with Crippen LogP contribution in [-0.2, 0) is 4.74 Å². The molecule has 1 aliphatic heterocycles. The van der Waals surface area contributed by atoms with Gasteiger partial charge in [0.15, 0.2) is 0 Å². The van der Waals surface area contributed by atoms with Gasteiger partial charge >= 0.3 is 0 Å². The zero-order valence-corrected chi connectivity index (χ0v) is 13.3. The van der Waals surface area contributed by atoms with Gasteiger partial charge in [0.25, 0.3) is 0 Å². The molecule has 126 valence electrons. The SMILES string of the molecule is OCC1CC(O)C(O)C(c2cccc(C=Cc3ccccc3)c2)O1. The molecule has 2 aromatic carbocycles. The highest BCUT2D eigenvalue weighted by Gasteiger charge is 2.37. The van der Waals surface area contributed by atoms with E-state index in [1.165, 1.54) is 0 Å². The molecular formula is C20H22O4. The van der Waals surface area contributed by atoms with E-state index in [0.717, 1.165) is 16.7 Å². The Balaban J connectivity index is 1.80. The lowest BCUT2D eigenvalue weighted by Gasteiger charge is -2.36. The van der Waals surface area contributed by atoms with Crippen LogP contribution in [0, 0.1) is 0 Å². The third-order valence-corrected chi connectivity index (χ3v) is 4.26. The molecule has 0 amide bonds. The maximum Gasteiger partial charge on any atom is 0.111 e. The molecule has 3 N–H and O–H groups in total. The molecule has 0 bridgehead atoms. The number of hydrogen-bond acceptors (Lipinski definition) is 4. The molecule has 24 heavy (non-hydrogen) atoms. The van der Waals surface area contributed by atoms with Crippen LogP contribution in [0.1, 0.15) is 29.2 Å². The first-order chi connectivity index (χ1) is 11.7. The molecular weight excluding hydrogens is 304 g/mol. The maximum absolute atomic E-state index is 10.2. The summed E-state index contributed by atoms with van der Waals surface area (Å²) in [6.07, 6.45) is 1.25. The van der Waals surface area contributed by atoms with Gasteiger partial charge in [-0.15, -0.1) is 0 Å². The molecule has 2 aromatic rings. The fourth-order valence-electron chi connectivity index (χ4n) is 2.94. The van der Waals surface area contributed by atoms with Gasteiger partial charge in [-0.3, -0.25) is 0 Å². The van der Waals surface area contributed by atoms with Crippen LogP contribution < -0.4 is 0 Å². The second kappa shape index (κ2) is 7.73. The molecule has 1 saturated heterocycles. The normalized spacial score (nSPS) is 27.5. The van der Waals surface area contributed by atoms with Gasteiger partial charge in [0, 0.05) is 6.42 Å². The minimum Gasteiger partial charge on any atom is -0.394 e. The number of hydrogen-bond donors (Lipinski definition) is 3. The highest BCUT2D eigenvalue weighted by Crippen LogP contribution is 2.32. The Morgan fingerprint density at radius 1 is 0.958 bits per heavy atom. The summed E-state index contributed by atoms with van der Waals surface area (Å²) in [5, 5.41) is 29.5. The fraction of sp³-hybridized carbons (Fsp3) is 0.300. The quantitative estimate of drug-likeness (QED) is 0.755. The van der Waals surface area contributed by atoms with Crippen molar-refractivity contribution in [2.24, 2.45) is 0 Å². The van der Waals surface area contributed by atoms with Crippen LogP contribution in [0.15, 0.2) is 54.6 Å². The van der Waals surface area contributed by atoms with Gasteiger partial charge in [-0.2, -0.15) is 0 Å². The maximum atomic E-state index is 10.2. The minimum absolute atomic E-state index is 0.173. The van der Waals surface area contributed by atoms with E-state index < -0.39 is 24.4 Å². The third-order valence-electron chi connectivity index (χ3n) is 4.26. The number of benzene rings is 2. The van der Waals surface area contributed by atoms with E-state index >= 15 is 0 Å². The van der Waals surface area contributed by atoms with Gasteiger partial charge in [0.05, 0.1) is 18.8 Å². The molecule has 0 spiro atoms. The van der Waals surface area contributed by atoms with Crippen LogP contribution >= 0.6 is 0 Å². The summed E-state index contributed by atoms with van der Waals surface area (Å²) in [5.74, 6) is 0. The van der Waals surface area contributed by atoms with E-state index in [1.807, 2.05) is 66.7 Å². The van der Waals surface area contributed by atoms with Gasteiger partial charge in [-0.25, -0.2) is 0 Å². The first-order valence-corrected chi connectivity index (χ1v) is 8.13. The second-order valence-corrected chi connectivity index (χ2v) is 6.07. The molecule has 0 radical (unpaired) electrons. The fourth-order valence-corrected chi connectivity index (χ4v) is 2.94. The number of aliphatic hydroxyl groups excluding tert-OH is 3. The Hall–Kier alpha value is -1.98. The monoisotopic (exact) mass is 326 g/mol. The molecule has 0 aliphatic carbocycles. The van der Waals surface area contributed by atoms with Gasteiger partial charge < -0.3 is 20.1 Å². The lowest BCUT2D eigenvalue weighted by Crippen LogP contribution is -2.44. The van der Waals surface area contributed by atoms with Gasteiger partial charge in [0.2, 0.25) is 0 Å². The zero-order chi connectivity index (χ0) is 16.9. The Kier molecular flexibility index (Phi) is 5.43. The summed E-state index contributed by atoms with van der Waals surface area (Å²) >= 11 is 0. The van der Waals surface area contributed by atoms with Crippen molar-refractivity contribution >= 4 is 12.2 Å². The molecule has 4 heteroatoms. The van der Waals surface area contributed by atoms with Crippen molar-refractivity contribution in [1.82, 2.24) is 0 Å². The summed E-state index contributed by atoms with van der Waals surface area (Å²) in [4.78, 5) is 0. The second-order valence-electron chi connectivity index (χ2n) is 6.07. The molecule has 4 nitrogen and oxygen atoms in total. The number of ether oxygens (including phenoxy) is 1. The van der Waals surface area contributed by atoms with E-state index in [-0.39, 0.29) is 13.0 Å². The highest BCUT2D eigenvalue weighted by molar-refractivity contribution is 5.69. The topological polar surface area (TPSA) is 69.9 Å². The molecule has 4 unspecified atom stereocenters. The Morgan fingerprint density at radius 2 is 1.67 bits per heavy atom. The first kappa shape index (κ1) is 16.9. The van der Waals surface area contributed by atoms with E-state index in [1.54, 1.807) is 0 Å². The van der Waals surface area contributed by atoms with E-state index in [4.69, 9.17) is 4.74 Å². The predicted octanol–water partition coefficient (Wildman–Crippen LogP) is 2.40. The zero-order valence-electron chi connectivity index (χ0n) is 13.3. The minimum atomic E-state index is -0.999. The van der Waals surface area contributed by atoms with Crippen LogP contribution in [0.4, 0.5) is 0 Å². The Morgan fingerprint density at radius 3 is 2.42 bits per heavy atom. The largest absolute Gasteiger partial charge is 0.394 e. The van der Waals surface area contributed by atoms with Crippen molar-refractivity contribution < 1.29 is 20.1 Å². The summed E-state index contributed by atoms with van der Waals surface area (Å²) in [5.41, 5.74) is 2.87. The van der Waals surface area contributed by atoms with E-state index in [0.29, 0.717) is 0 Å². The van der Waals surface area contributed by atoms with Crippen molar-refractivity contribution in [3.05, 3.63) is 71.3 Å². The van der Waals surface area contributed by atoms with E-state index in [2.05, 4.69) is 0 Å². The molecule has 1 fully saturated rings. The van der Waals surface area contributed by atoms with Crippen molar-refractivity contribution in [2.75, 3.05) is 6.61 Å². The van der Waals surface area contributed by atoms with Crippen molar-refractivity contribution in [1.29, 1.82) is 0 Å². The summed E-state index contributed by atoms with van der Waals surface area (Å²) in [6.45, 7) is -0.173. The standard InChI is InChI=1S/C20H22O4/c21-13-17-12-18(22)19(23)20(24-17)16-8-4-7-15(11-16)10-9-14-5-2-1-3-6-14/h1-11,17-23H,12-13H2. The number of aliphatic hydroxyl groups is 3. The molecule has 4 atom stereocenters. The lowest BCUT2D eigenvalue weighted by molar-refractivity contribution is -0.179. The average Bonchev–Trinajstić information content (AvgIpc) is 2.63. The van der Waals surface area contributed by atoms with Gasteiger partial charge in [-0.05, 0) is 22.8 Å². The van der Waals surface area contributed by atoms with E-state index in [9.17, 15) is 15.3 Å². The van der Waals surface area contributed by atoms with Crippen LogP contribution in [0.3, 0.4) is 0 Å². The smallest absolute Gasteiger partial charge is 0.111 e. The highest BCUT2D eigenvalue weighted by atomic mass is 16.5. The molecule has 1 aliphatic rings. The van der Waals surface area contributed by atoms with Crippen molar-refractivity contribution in [3.8, 4) is 0 Å². The first-order valence-electron chi connectivity index (χ1n) is 8.13. The van der Waals surface area contributed by atoms with Crippen LogP contribution in [0.25, 0.3) is 12.2 Å². The van der Waals surface area contributed by atoms with Crippen LogP contribution in [0.5, 0.6) is 0 Å². The van der Waals surface area contributed by atoms with Gasteiger partial charge in [-0.1, -0.05) is 60.7 Å². The molecule has 1 heterocycles. The predicted molar refractivity (Wildman–Crippen MR) is 93.1 cm³/mol. The third kappa shape index (κ3) is 3.91. The molecule has 3 rings (SSSR count).